The highest BCUT2D eigenvalue weighted by molar-refractivity contribution is 5.86. The smallest absolute Gasteiger partial charge is 0.264 e. The number of pyridine rings is 1. The van der Waals surface area contributed by atoms with Crippen LogP contribution in [0.2, 0.25) is 0 Å². The average molecular weight is 438 g/mol. The van der Waals surface area contributed by atoms with Crippen molar-refractivity contribution in [3.8, 4) is 11.1 Å². The Morgan fingerprint density at radius 3 is 2.75 bits per heavy atom. The normalized spacial score (nSPS) is 14.9. The van der Waals surface area contributed by atoms with E-state index >= 15 is 0 Å². The second kappa shape index (κ2) is 7.99. The third kappa shape index (κ3) is 3.43. The van der Waals surface area contributed by atoms with Gasteiger partial charge in [-0.3, -0.25) is 10.00 Å². The summed E-state index contributed by atoms with van der Waals surface area (Å²) >= 11 is 0. The van der Waals surface area contributed by atoms with E-state index in [0.717, 1.165) is 35.0 Å². The van der Waals surface area contributed by atoms with Crippen LogP contribution < -0.4 is 10.2 Å². The average Bonchev–Trinajstić information content (AvgIpc) is 3.43. The van der Waals surface area contributed by atoms with E-state index in [1.54, 1.807) is 49.6 Å². The number of H-pyrrole nitrogens is 1. The summed E-state index contributed by atoms with van der Waals surface area (Å²) < 4.78 is 29.7. The molecule has 7 nitrogen and oxygen atoms in total. The van der Waals surface area contributed by atoms with Crippen LogP contribution in [0.1, 0.15) is 35.8 Å². The standard InChI is InChI=1S/C23H24F2N6O/c1-26-23(32)18-10-27-19-11-28-21(8-16(18)19)31-5-3-4-13-6-15(14-9-29-30(2)12-14)17(22(24)25)7-20(13)31/h6-12,22-23,26-27,32H,3-5H2,1-2H3. The summed E-state index contributed by atoms with van der Waals surface area (Å²) in [5.41, 5.74) is 4.45. The van der Waals surface area contributed by atoms with Crippen molar-refractivity contribution in [3.05, 3.63) is 59.7 Å². The first-order chi connectivity index (χ1) is 15.5. The predicted octanol–water partition coefficient (Wildman–Crippen LogP) is 4.20. The number of nitrogens with one attached hydrogen (secondary N) is 2. The van der Waals surface area contributed by atoms with Crippen molar-refractivity contribution in [3.63, 3.8) is 0 Å². The molecule has 0 amide bonds. The molecule has 5 rings (SSSR count). The van der Waals surface area contributed by atoms with Gasteiger partial charge in [-0.25, -0.2) is 13.8 Å². The predicted molar refractivity (Wildman–Crippen MR) is 119 cm³/mol. The molecule has 3 aromatic heterocycles. The lowest BCUT2D eigenvalue weighted by Gasteiger charge is -2.32. The maximum Gasteiger partial charge on any atom is 0.264 e. The van der Waals surface area contributed by atoms with Crippen molar-refractivity contribution >= 4 is 22.4 Å². The fraction of sp³-hybridized carbons (Fsp3) is 0.304. The number of aromatic amines is 1. The minimum absolute atomic E-state index is 0.0160. The molecule has 32 heavy (non-hydrogen) atoms. The van der Waals surface area contributed by atoms with Crippen LogP contribution in [0.3, 0.4) is 0 Å². The van der Waals surface area contributed by atoms with Crippen LogP contribution in [-0.4, -0.2) is 38.4 Å². The van der Waals surface area contributed by atoms with Crippen LogP contribution in [-0.2, 0) is 13.5 Å². The second-order valence-electron chi connectivity index (χ2n) is 8.05. The Bertz CT molecular complexity index is 1280. The fourth-order valence-electron chi connectivity index (χ4n) is 4.44. The Balaban J connectivity index is 1.62. The lowest BCUT2D eigenvalue weighted by molar-refractivity contribution is 0.150. The van der Waals surface area contributed by atoms with E-state index in [1.165, 1.54) is 0 Å². The van der Waals surface area contributed by atoms with E-state index in [-0.39, 0.29) is 5.56 Å². The van der Waals surface area contributed by atoms with Crippen molar-refractivity contribution in [1.29, 1.82) is 0 Å². The number of aliphatic hydroxyl groups excluding tert-OH is 1. The number of fused-ring (bicyclic) bond motifs is 2. The monoisotopic (exact) mass is 438 g/mol. The number of hydrogen-bond acceptors (Lipinski definition) is 5. The van der Waals surface area contributed by atoms with E-state index < -0.39 is 12.7 Å². The molecule has 0 fully saturated rings. The van der Waals surface area contributed by atoms with Crippen molar-refractivity contribution in [2.75, 3.05) is 18.5 Å². The Morgan fingerprint density at radius 2 is 2.03 bits per heavy atom. The first-order valence-electron chi connectivity index (χ1n) is 10.5. The van der Waals surface area contributed by atoms with Gasteiger partial charge in [-0.1, -0.05) is 0 Å². The van der Waals surface area contributed by atoms with Gasteiger partial charge in [0.1, 0.15) is 12.0 Å². The molecular weight excluding hydrogens is 414 g/mol. The molecule has 0 radical (unpaired) electrons. The number of hydrogen-bond donors (Lipinski definition) is 3. The van der Waals surface area contributed by atoms with Gasteiger partial charge in [0.25, 0.3) is 6.43 Å². The molecule has 4 heterocycles. The molecule has 3 N–H and O–H groups in total. The first-order valence-corrected chi connectivity index (χ1v) is 10.5. The van der Waals surface area contributed by atoms with E-state index in [0.29, 0.717) is 29.1 Å². The maximum atomic E-state index is 14.1. The van der Waals surface area contributed by atoms with Crippen LogP contribution in [0.15, 0.2) is 43.0 Å². The van der Waals surface area contributed by atoms with Crippen molar-refractivity contribution in [2.24, 2.45) is 7.05 Å². The van der Waals surface area contributed by atoms with Crippen LogP contribution in [0, 0.1) is 0 Å². The highest BCUT2D eigenvalue weighted by Crippen LogP contribution is 2.41. The molecular formula is C23H24F2N6O. The van der Waals surface area contributed by atoms with Gasteiger partial charge in [-0.05, 0) is 49.2 Å². The molecule has 166 valence electrons. The van der Waals surface area contributed by atoms with Gasteiger partial charge in [0.15, 0.2) is 0 Å². The zero-order chi connectivity index (χ0) is 22.4. The van der Waals surface area contributed by atoms with E-state index in [2.05, 4.69) is 20.4 Å². The Labute approximate surface area is 183 Å². The van der Waals surface area contributed by atoms with Crippen molar-refractivity contribution < 1.29 is 13.9 Å². The first kappa shape index (κ1) is 20.6. The molecule has 1 aliphatic rings. The fourth-order valence-corrected chi connectivity index (χ4v) is 4.44. The maximum absolute atomic E-state index is 14.1. The van der Waals surface area contributed by atoms with Crippen LogP contribution >= 0.6 is 0 Å². The SMILES string of the molecule is CNC(O)c1c[nH]c2cnc(N3CCCc4cc(-c5cnn(C)c5)c(C(F)F)cc43)cc12. The third-order valence-electron chi connectivity index (χ3n) is 6.05. The number of anilines is 2. The molecule has 0 saturated carbocycles. The number of aromatic nitrogens is 4. The number of nitrogens with zero attached hydrogens (tertiary/aromatic N) is 4. The van der Waals surface area contributed by atoms with Crippen molar-refractivity contribution in [1.82, 2.24) is 25.1 Å². The summed E-state index contributed by atoms with van der Waals surface area (Å²) in [6.07, 6.45) is 5.08. The van der Waals surface area contributed by atoms with Gasteiger partial charge < -0.3 is 15.0 Å². The molecule has 0 spiro atoms. The van der Waals surface area contributed by atoms with E-state index in [9.17, 15) is 13.9 Å². The Kier molecular flexibility index (Phi) is 5.15. The van der Waals surface area contributed by atoms with Crippen LogP contribution in [0.4, 0.5) is 20.3 Å². The summed E-state index contributed by atoms with van der Waals surface area (Å²) in [6, 6.07) is 5.35. The molecule has 0 aliphatic carbocycles. The molecule has 9 heteroatoms. The number of aliphatic hydroxyl groups is 1. The summed E-state index contributed by atoms with van der Waals surface area (Å²) in [5.74, 6) is 0.664. The van der Waals surface area contributed by atoms with E-state index in [4.69, 9.17) is 0 Å². The number of aryl methyl sites for hydroxylation is 2. The minimum atomic E-state index is -2.61. The zero-order valence-corrected chi connectivity index (χ0v) is 17.8. The zero-order valence-electron chi connectivity index (χ0n) is 17.8. The lowest BCUT2D eigenvalue weighted by atomic mass is 9.93. The van der Waals surface area contributed by atoms with Gasteiger partial charge in [0, 0.05) is 53.8 Å². The molecule has 1 aromatic carbocycles. The highest BCUT2D eigenvalue weighted by Gasteiger charge is 2.25. The molecule has 0 bridgehead atoms. The lowest BCUT2D eigenvalue weighted by Crippen LogP contribution is -2.25. The highest BCUT2D eigenvalue weighted by atomic mass is 19.3. The van der Waals surface area contributed by atoms with Crippen molar-refractivity contribution in [2.45, 2.75) is 25.5 Å². The number of alkyl halides is 2. The third-order valence-corrected chi connectivity index (χ3v) is 6.05. The van der Waals surface area contributed by atoms with Gasteiger partial charge in [0.2, 0.25) is 0 Å². The van der Waals surface area contributed by atoms with Gasteiger partial charge in [0.05, 0.1) is 17.9 Å². The minimum Gasteiger partial charge on any atom is -0.374 e. The Hall–Kier alpha value is -3.30. The quantitative estimate of drug-likeness (QED) is 0.407. The number of halogens is 2. The molecule has 1 atom stereocenters. The molecule has 0 saturated heterocycles. The van der Waals surface area contributed by atoms with E-state index in [1.807, 2.05) is 17.0 Å². The topological polar surface area (TPSA) is 82.0 Å². The molecule has 1 aliphatic heterocycles. The van der Waals surface area contributed by atoms with Crippen LogP contribution in [0.5, 0.6) is 0 Å². The summed E-state index contributed by atoms with van der Waals surface area (Å²) in [4.78, 5) is 9.68. The largest absolute Gasteiger partial charge is 0.374 e. The second-order valence-corrected chi connectivity index (χ2v) is 8.05. The Morgan fingerprint density at radius 1 is 1.19 bits per heavy atom. The molecule has 4 aromatic rings. The summed E-state index contributed by atoms with van der Waals surface area (Å²) in [5, 5.41) is 18.1. The number of rotatable bonds is 5. The summed E-state index contributed by atoms with van der Waals surface area (Å²) in [7, 11) is 3.45. The summed E-state index contributed by atoms with van der Waals surface area (Å²) in [6.45, 7) is 0.675. The van der Waals surface area contributed by atoms with Crippen LogP contribution in [0.25, 0.3) is 22.0 Å². The van der Waals surface area contributed by atoms with Gasteiger partial charge in [-0.15, -0.1) is 0 Å². The molecule has 1 unspecified atom stereocenters. The number of benzene rings is 1. The van der Waals surface area contributed by atoms with Gasteiger partial charge in [-0.2, -0.15) is 5.10 Å². The van der Waals surface area contributed by atoms with Gasteiger partial charge >= 0.3 is 0 Å².